The van der Waals surface area contributed by atoms with Crippen molar-refractivity contribution in [3.8, 4) is 5.88 Å². The first kappa shape index (κ1) is 25.5. The number of ether oxygens (including phenoxy) is 1. The van der Waals surface area contributed by atoms with Gasteiger partial charge in [-0.05, 0) is 38.2 Å². The first-order chi connectivity index (χ1) is 13.7. The molecule has 0 bridgehead atoms. The van der Waals surface area contributed by atoms with Gasteiger partial charge in [0.1, 0.15) is 0 Å². The predicted molar refractivity (Wildman–Crippen MR) is 128 cm³/mol. The summed E-state index contributed by atoms with van der Waals surface area (Å²) in [7, 11) is 0. The molecule has 1 fully saturated rings. The van der Waals surface area contributed by atoms with E-state index in [1.54, 1.807) is 0 Å². The predicted octanol–water partition coefficient (Wildman–Crippen LogP) is 3.34. The molecule has 0 aliphatic carbocycles. The summed E-state index contributed by atoms with van der Waals surface area (Å²) >= 11 is 0. The second kappa shape index (κ2) is 15.3. The summed E-state index contributed by atoms with van der Waals surface area (Å²) in [6, 6.07) is 3.88. The molecule has 164 valence electrons. The number of amides is 1. The SMILES string of the molecule is CCCOc1ccc(CN=C(NCC)NCCCN2CCCCCC2=O)cn1.I. The van der Waals surface area contributed by atoms with Gasteiger partial charge in [0.2, 0.25) is 11.8 Å². The third-order valence-electron chi connectivity index (χ3n) is 4.58. The van der Waals surface area contributed by atoms with Gasteiger partial charge in [0.25, 0.3) is 0 Å². The van der Waals surface area contributed by atoms with Crippen LogP contribution in [0.5, 0.6) is 5.88 Å². The van der Waals surface area contributed by atoms with Gasteiger partial charge in [-0.15, -0.1) is 24.0 Å². The Kier molecular flexibility index (Phi) is 13.4. The number of guanidine groups is 1. The number of carbonyl (C=O) groups is 1. The van der Waals surface area contributed by atoms with Gasteiger partial charge in [0, 0.05) is 44.9 Å². The summed E-state index contributed by atoms with van der Waals surface area (Å²) in [5.41, 5.74) is 1.04. The van der Waals surface area contributed by atoms with E-state index in [0.717, 1.165) is 69.8 Å². The van der Waals surface area contributed by atoms with Crippen molar-refractivity contribution in [1.29, 1.82) is 0 Å². The van der Waals surface area contributed by atoms with Crippen LogP contribution >= 0.6 is 24.0 Å². The minimum atomic E-state index is 0. The fraction of sp³-hybridized carbons (Fsp3) is 0.667. The molecule has 1 aromatic heterocycles. The zero-order valence-electron chi connectivity index (χ0n) is 17.8. The topological polar surface area (TPSA) is 78.9 Å². The molecule has 29 heavy (non-hydrogen) atoms. The molecular formula is C21H36IN5O2. The van der Waals surface area contributed by atoms with Crippen LogP contribution in [0.3, 0.4) is 0 Å². The van der Waals surface area contributed by atoms with Crippen LogP contribution in [0.4, 0.5) is 0 Å². The Morgan fingerprint density at radius 2 is 2.10 bits per heavy atom. The Bertz CT molecular complexity index is 610. The number of aromatic nitrogens is 1. The lowest BCUT2D eigenvalue weighted by Crippen LogP contribution is -2.39. The lowest BCUT2D eigenvalue weighted by atomic mass is 10.2. The van der Waals surface area contributed by atoms with E-state index in [4.69, 9.17) is 4.74 Å². The molecule has 0 radical (unpaired) electrons. The second-order valence-electron chi connectivity index (χ2n) is 7.02. The number of nitrogens with zero attached hydrogens (tertiary/aromatic N) is 3. The maximum absolute atomic E-state index is 12.0. The van der Waals surface area contributed by atoms with E-state index in [1.165, 1.54) is 0 Å². The first-order valence-corrected chi connectivity index (χ1v) is 10.6. The molecule has 0 atom stereocenters. The van der Waals surface area contributed by atoms with Crippen LogP contribution in [0.25, 0.3) is 0 Å². The van der Waals surface area contributed by atoms with Crippen LogP contribution in [-0.2, 0) is 11.3 Å². The number of aliphatic imine (C=N–C) groups is 1. The van der Waals surface area contributed by atoms with Gasteiger partial charge in [0.05, 0.1) is 13.2 Å². The number of halogens is 1. The van der Waals surface area contributed by atoms with Gasteiger partial charge >= 0.3 is 0 Å². The summed E-state index contributed by atoms with van der Waals surface area (Å²) in [6.07, 6.45) is 7.72. The second-order valence-corrected chi connectivity index (χ2v) is 7.02. The molecule has 0 aromatic carbocycles. The summed E-state index contributed by atoms with van der Waals surface area (Å²) in [4.78, 5) is 23.0. The van der Waals surface area contributed by atoms with E-state index in [-0.39, 0.29) is 24.0 Å². The van der Waals surface area contributed by atoms with Crippen molar-refractivity contribution < 1.29 is 9.53 Å². The molecule has 0 unspecified atom stereocenters. The van der Waals surface area contributed by atoms with Gasteiger partial charge in [0.15, 0.2) is 5.96 Å². The highest BCUT2D eigenvalue weighted by Gasteiger charge is 2.15. The smallest absolute Gasteiger partial charge is 0.222 e. The largest absolute Gasteiger partial charge is 0.478 e. The third kappa shape index (κ3) is 10.1. The number of likely N-dealkylation sites (tertiary alicyclic amines) is 1. The quantitative estimate of drug-likeness (QED) is 0.216. The molecular weight excluding hydrogens is 481 g/mol. The number of carbonyl (C=O) groups excluding carboxylic acids is 1. The number of hydrogen-bond acceptors (Lipinski definition) is 4. The molecule has 0 spiro atoms. The molecule has 2 heterocycles. The van der Waals surface area contributed by atoms with Crippen molar-refractivity contribution in [3.63, 3.8) is 0 Å². The Balaban J connectivity index is 0.00000420. The van der Waals surface area contributed by atoms with Crippen molar-refractivity contribution in [2.45, 2.75) is 58.9 Å². The molecule has 8 heteroatoms. The lowest BCUT2D eigenvalue weighted by molar-refractivity contribution is -0.130. The highest BCUT2D eigenvalue weighted by molar-refractivity contribution is 14.0. The summed E-state index contributed by atoms with van der Waals surface area (Å²) in [6.45, 7) is 8.67. The van der Waals surface area contributed by atoms with Crippen molar-refractivity contribution in [2.24, 2.45) is 4.99 Å². The van der Waals surface area contributed by atoms with Gasteiger partial charge in [-0.3, -0.25) is 4.79 Å². The first-order valence-electron chi connectivity index (χ1n) is 10.6. The summed E-state index contributed by atoms with van der Waals surface area (Å²) in [5, 5.41) is 6.62. The van der Waals surface area contributed by atoms with Gasteiger partial charge < -0.3 is 20.3 Å². The van der Waals surface area contributed by atoms with Crippen LogP contribution in [0.2, 0.25) is 0 Å². The average molecular weight is 517 g/mol. The fourth-order valence-corrected chi connectivity index (χ4v) is 3.06. The van der Waals surface area contributed by atoms with Gasteiger partial charge in [-0.25, -0.2) is 9.98 Å². The number of nitrogens with one attached hydrogen (secondary N) is 2. The minimum absolute atomic E-state index is 0. The maximum Gasteiger partial charge on any atom is 0.222 e. The Hall–Kier alpha value is -1.58. The van der Waals surface area contributed by atoms with Gasteiger partial charge in [-0.2, -0.15) is 0 Å². The molecule has 1 amide bonds. The van der Waals surface area contributed by atoms with Crippen molar-refractivity contribution in [1.82, 2.24) is 20.5 Å². The van der Waals surface area contributed by atoms with Crippen LogP contribution < -0.4 is 15.4 Å². The highest BCUT2D eigenvalue weighted by Crippen LogP contribution is 2.11. The van der Waals surface area contributed by atoms with Crippen LogP contribution in [-0.4, -0.2) is 54.5 Å². The number of pyridine rings is 1. The van der Waals surface area contributed by atoms with Gasteiger partial charge in [-0.1, -0.05) is 19.4 Å². The molecule has 1 aliphatic rings. The summed E-state index contributed by atoms with van der Waals surface area (Å²) in [5.74, 6) is 1.75. The minimum Gasteiger partial charge on any atom is -0.478 e. The standard InChI is InChI=1S/C21H35N5O2.HI/c1-3-15-28-19-11-10-18(16-24-19)17-25-21(22-4-2)23-12-8-14-26-13-7-5-6-9-20(26)27;/h10-11,16H,3-9,12-15,17H2,1-2H3,(H2,22,23,25);1H. The average Bonchev–Trinajstić information content (AvgIpc) is 2.92. The van der Waals surface area contributed by atoms with E-state index in [9.17, 15) is 4.79 Å². The monoisotopic (exact) mass is 517 g/mol. The van der Waals surface area contributed by atoms with E-state index < -0.39 is 0 Å². The molecule has 2 rings (SSSR count). The van der Waals surface area contributed by atoms with Crippen molar-refractivity contribution in [2.75, 3.05) is 32.8 Å². The Morgan fingerprint density at radius 1 is 1.24 bits per heavy atom. The number of hydrogen-bond donors (Lipinski definition) is 2. The van der Waals surface area contributed by atoms with Crippen LogP contribution in [0.1, 0.15) is 57.9 Å². The fourth-order valence-electron chi connectivity index (χ4n) is 3.06. The molecule has 1 aromatic rings. The lowest BCUT2D eigenvalue weighted by Gasteiger charge is -2.20. The summed E-state index contributed by atoms with van der Waals surface area (Å²) < 4.78 is 5.51. The molecule has 1 aliphatic heterocycles. The number of rotatable bonds is 10. The van der Waals surface area contributed by atoms with E-state index in [1.807, 2.05) is 23.2 Å². The van der Waals surface area contributed by atoms with Crippen molar-refractivity contribution >= 4 is 35.8 Å². The van der Waals surface area contributed by atoms with E-state index >= 15 is 0 Å². The van der Waals surface area contributed by atoms with Crippen molar-refractivity contribution in [3.05, 3.63) is 23.9 Å². The third-order valence-corrected chi connectivity index (χ3v) is 4.58. The normalized spacial score (nSPS) is 14.8. The molecule has 7 nitrogen and oxygen atoms in total. The Morgan fingerprint density at radius 3 is 2.83 bits per heavy atom. The van der Waals surface area contributed by atoms with Crippen LogP contribution in [0.15, 0.2) is 23.3 Å². The van der Waals surface area contributed by atoms with Crippen LogP contribution in [0, 0.1) is 0 Å². The molecule has 2 N–H and O–H groups in total. The van der Waals surface area contributed by atoms with E-state index in [0.29, 0.717) is 31.4 Å². The zero-order chi connectivity index (χ0) is 20.0. The molecule has 1 saturated heterocycles. The maximum atomic E-state index is 12.0. The highest BCUT2D eigenvalue weighted by atomic mass is 127. The van der Waals surface area contributed by atoms with E-state index in [2.05, 4.69) is 34.5 Å². The Labute approximate surface area is 192 Å². The zero-order valence-corrected chi connectivity index (χ0v) is 20.1. The molecule has 0 saturated carbocycles.